The molecule has 0 bridgehead atoms. The number of hydrogen-bond donors (Lipinski definition) is 2. The number of carboxylic acids is 1. The smallest absolute Gasteiger partial charge is 0.335 e. The minimum Gasteiger partial charge on any atom is -0.478 e. The van der Waals surface area contributed by atoms with Gasteiger partial charge in [0, 0.05) is 12.6 Å². The molecular weight excluding hydrogens is 272 g/mol. The molecule has 0 aliphatic rings. The van der Waals surface area contributed by atoms with Crippen molar-refractivity contribution in [1.82, 2.24) is 19.8 Å². The minimum atomic E-state index is -0.985. The molecule has 0 unspecified atom stereocenters. The van der Waals surface area contributed by atoms with E-state index in [4.69, 9.17) is 5.11 Å². The fourth-order valence-corrected chi connectivity index (χ4v) is 2.12. The van der Waals surface area contributed by atoms with Gasteiger partial charge in [0.25, 0.3) is 0 Å². The van der Waals surface area contributed by atoms with Gasteiger partial charge in [-0.25, -0.2) is 4.79 Å². The second-order valence-electron chi connectivity index (χ2n) is 4.43. The van der Waals surface area contributed by atoms with Gasteiger partial charge in [-0.1, -0.05) is 12.1 Å². The third-order valence-electron chi connectivity index (χ3n) is 3.06. The maximum Gasteiger partial charge on any atom is 0.335 e. The molecule has 0 aliphatic heterocycles. The van der Waals surface area contributed by atoms with Crippen LogP contribution in [0.4, 0.5) is 5.69 Å². The fraction of sp³-hybridized carbons (Fsp3) is 0.154. The standard InChI is InChI=1S/C13H12N6O2/c1-7-10(15-14-2)12-17-16-11(19(12)18-7)8-4-3-5-9(6-8)13(20)21/h3-6,17H,1-2H3,(H,20,21)/b15-14+. The van der Waals surface area contributed by atoms with E-state index in [-0.39, 0.29) is 5.56 Å². The van der Waals surface area contributed by atoms with Crippen molar-refractivity contribution < 1.29 is 9.90 Å². The van der Waals surface area contributed by atoms with Crippen LogP contribution in [0.15, 0.2) is 34.5 Å². The number of aromatic amines is 1. The highest BCUT2D eigenvalue weighted by Gasteiger charge is 2.16. The van der Waals surface area contributed by atoms with E-state index in [0.29, 0.717) is 28.4 Å². The first-order valence-electron chi connectivity index (χ1n) is 6.19. The van der Waals surface area contributed by atoms with Crippen molar-refractivity contribution in [1.29, 1.82) is 0 Å². The van der Waals surface area contributed by atoms with Crippen LogP contribution in [0.3, 0.4) is 0 Å². The first-order valence-corrected chi connectivity index (χ1v) is 6.19. The zero-order valence-electron chi connectivity index (χ0n) is 11.4. The Morgan fingerprint density at radius 1 is 1.43 bits per heavy atom. The van der Waals surface area contributed by atoms with Crippen LogP contribution in [-0.2, 0) is 0 Å². The average molecular weight is 284 g/mol. The number of carbonyl (C=O) groups is 1. The van der Waals surface area contributed by atoms with Gasteiger partial charge in [-0.3, -0.25) is 5.10 Å². The largest absolute Gasteiger partial charge is 0.478 e. The lowest BCUT2D eigenvalue weighted by molar-refractivity contribution is 0.0697. The van der Waals surface area contributed by atoms with Gasteiger partial charge in [0.1, 0.15) is 0 Å². The Bertz CT molecular complexity index is 861. The summed E-state index contributed by atoms with van der Waals surface area (Å²) in [6.45, 7) is 1.82. The number of nitrogens with one attached hydrogen (secondary N) is 1. The van der Waals surface area contributed by atoms with Crippen molar-refractivity contribution in [2.45, 2.75) is 6.92 Å². The van der Waals surface area contributed by atoms with Crippen LogP contribution >= 0.6 is 0 Å². The van der Waals surface area contributed by atoms with Crippen LogP contribution in [0.1, 0.15) is 16.1 Å². The molecule has 0 atom stereocenters. The molecule has 3 aromatic rings. The van der Waals surface area contributed by atoms with Crippen molar-refractivity contribution in [2.24, 2.45) is 10.2 Å². The van der Waals surface area contributed by atoms with Crippen molar-refractivity contribution in [2.75, 3.05) is 7.05 Å². The number of fused-ring (bicyclic) bond motifs is 1. The van der Waals surface area contributed by atoms with Crippen LogP contribution in [0, 0.1) is 6.92 Å². The summed E-state index contributed by atoms with van der Waals surface area (Å²) in [5.74, 6) is -0.463. The Balaban J connectivity index is 2.20. The highest BCUT2D eigenvalue weighted by molar-refractivity contribution is 5.89. The van der Waals surface area contributed by atoms with Crippen LogP contribution in [-0.4, -0.2) is 37.9 Å². The summed E-state index contributed by atoms with van der Waals surface area (Å²) in [5.41, 5.74) is 2.80. The predicted molar refractivity (Wildman–Crippen MR) is 74.9 cm³/mol. The predicted octanol–water partition coefficient (Wildman–Crippen LogP) is 2.44. The van der Waals surface area contributed by atoms with Gasteiger partial charge >= 0.3 is 5.97 Å². The van der Waals surface area contributed by atoms with Crippen molar-refractivity contribution in [3.05, 3.63) is 35.5 Å². The number of azo groups is 1. The molecule has 0 radical (unpaired) electrons. The van der Waals surface area contributed by atoms with E-state index in [1.807, 2.05) is 6.92 Å². The molecule has 2 heterocycles. The Morgan fingerprint density at radius 3 is 2.95 bits per heavy atom. The van der Waals surface area contributed by atoms with Crippen molar-refractivity contribution >= 4 is 17.3 Å². The molecule has 21 heavy (non-hydrogen) atoms. The SMILES string of the molecule is C/N=N/c1c(C)nn2c(-c3cccc(C(=O)O)c3)n[nH]c12. The number of rotatable bonds is 3. The number of benzene rings is 1. The molecule has 8 nitrogen and oxygen atoms in total. The van der Waals surface area contributed by atoms with Gasteiger partial charge in [-0.05, 0) is 19.1 Å². The molecule has 8 heteroatoms. The number of aromatic nitrogens is 4. The normalized spacial score (nSPS) is 11.5. The van der Waals surface area contributed by atoms with Crippen LogP contribution in [0.25, 0.3) is 17.0 Å². The average Bonchev–Trinajstić information content (AvgIpc) is 3.00. The second kappa shape index (κ2) is 4.82. The lowest BCUT2D eigenvalue weighted by Crippen LogP contribution is -1.97. The van der Waals surface area contributed by atoms with E-state index in [1.54, 1.807) is 29.8 Å². The van der Waals surface area contributed by atoms with E-state index < -0.39 is 5.97 Å². The van der Waals surface area contributed by atoms with Gasteiger partial charge in [0.05, 0.1) is 11.3 Å². The Hall–Kier alpha value is -3.03. The number of aromatic carboxylic acids is 1. The molecule has 2 N–H and O–H groups in total. The number of aryl methyl sites for hydroxylation is 1. The topological polar surface area (TPSA) is 108 Å². The minimum absolute atomic E-state index is 0.195. The first-order chi connectivity index (χ1) is 10.1. The first kappa shape index (κ1) is 13.0. The number of H-pyrrole nitrogens is 1. The Morgan fingerprint density at radius 2 is 2.24 bits per heavy atom. The highest BCUT2D eigenvalue weighted by Crippen LogP contribution is 2.27. The van der Waals surface area contributed by atoms with Crippen LogP contribution < -0.4 is 0 Å². The molecule has 0 saturated heterocycles. The van der Waals surface area contributed by atoms with E-state index in [1.165, 1.54) is 6.07 Å². The van der Waals surface area contributed by atoms with E-state index in [9.17, 15) is 4.79 Å². The summed E-state index contributed by atoms with van der Waals surface area (Å²) in [6.07, 6.45) is 0. The maximum absolute atomic E-state index is 11.1. The monoisotopic (exact) mass is 284 g/mol. The number of nitrogens with zero attached hydrogens (tertiary/aromatic N) is 5. The summed E-state index contributed by atoms with van der Waals surface area (Å²) in [6, 6.07) is 6.53. The van der Waals surface area contributed by atoms with Gasteiger partial charge in [-0.15, -0.1) is 0 Å². The van der Waals surface area contributed by atoms with Crippen LogP contribution in [0.2, 0.25) is 0 Å². The van der Waals surface area contributed by atoms with Crippen LogP contribution in [0.5, 0.6) is 0 Å². The molecule has 2 aromatic heterocycles. The summed E-state index contributed by atoms with van der Waals surface area (Å²) in [5, 5.41) is 28.3. The van der Waals surface area contributed by atoms with Crippen molar-refractivity contribution in [3.8, 4) is 11.4 Å². The molecule has 3 rings (SSSR count). The number of hydrogen-bond acceptors (Lipinski definition) is 5. The quantitative estimate of drug-likeness (QED) is 0.720. The van der Waals surface area contributed by atoms with E-state index >= 15 is 0 Å². The third kappa shape index (κ3) is 2.06. The molecular formula is C13H12N6O2. The number of carboxylic acid groups (broad SMARTS) is 1. The van der Waals surface area contributed by atoms with E-state index in [2.05, 4.69) is 25.5 Å². The summed E-state index contributed by atoms with van der Waals surface area (Å²) < 4.78 is 1.60. The lowest BCUT2D eigenvalue weighted by atomic mass is 10.1. The van der Waals surface area contributed by atoms with Gasteiger partial charge in [0.15, 0.2) is 17.2 Å². The summed E-state index contributed by atoms with van der Waals surface area (Å²) in [7, 11) is 1.58. The summed E-state index contributed by atoms with van der Waals surface area (Å²) in [4.78, 5) is 11.1. The third-order valence-corrected chi connectivity index (χ3v) is 3.06. The summed E-state index contributed by atoms with van der Waals surface area (Å²) >= 11 is 0. The molecule has 1 aromatic carbocycles. The molecule has 106 valence electrons. The molecule has 0 amide bonds. The highest BCUT2D eigenvalue weighted by atomic mass is 16.4. The van der Waals surface area contributed by atoms with Gasteiger partial charge in [-0.2, -0.15) is 24.9 Å². The van der Waals surface area contributed by atoms with Crippen molar-refractivity contribution in [3.63, 3.8) is 0 Å². The molecule has 0 fully saturated rings. The zero-order valence-corrected chi connectivity index (χ0v) is 11.4. The van der Waals surface area contributed by atoms with Gasteiger partial charge in [0.2, 0.25) is 0 Å². The second-order valence-corrected chi connectivity index (χ2v) is 4.43. The lowest BCUT2D eigenvalue weighted by Gasteiger charge is -1.99. The van der Waals surface area contributed by atoms with E-state index in [0.717, 1.165) is 0 Å². The Labute approximate surface area is 119 Å². The zero-order chi connectivity index (χ0) is 15.0. The molecule has 0 saturated carbocycles. The maximum atomic E-state index is 11.1. The van der Waals surface area contributed by atoms with Gasteiger partial charge < -0.3 is 5.11 Å². The Kier molecular flexibility index (Phi) is 2.98. The molecule has 0 spiro atoms. The molecule has 0 aliphatic carbocycles. The fourth-order valence-electron chi connectivity index (χ4n) is 2.12.